The highest BCUT2D eigenvalue weighted by Gasteiger charge is 2.11. The maximum Gasteiger partial charge on any atom is 0.238 e. The number of aromatic amines is 1. The monoisotopic (exact) mass is 334 g/mol. The van der Waals surface area contributed by atoms with Gasteiger partial charge in [0, 0.05) is 5.39 Å². The SMILES string of the molecule is NS(=O)(=O)c1ccc(N=Nc2c(O)[nH]c3ccc(F)cc23)cc1. The van der Waals surface area contributed by atoms with E-state index in [9.17, 15) is 17.9 Å². The molecule has 0 aliphatic carbocycles. The second-order valence-electron chi connectivity index (χ2n) is 4.75. The van der Waals surface area contributed by atoms with E-state index >= 15 is 0 Å². The van der Waals surface area contributed by atoms with Gasteiger partial charge in [-0.25, -0.2) is 17.9 Å². The third-order valence-corrected chi connectivity index (χ3v) is 4.07. The summed E-state index contributed by atoms with van der Waals surface area (Å²) in [7, 11) is -3.78. The zero-order valence-electron chi connectivity index (χ0n) is 11.6. The van der Waals surface area contributed by atoms with Gasteiger partial charge in [0.05, 0.1) is 16.1 Å². The number of nitrogens with two attached hydrogens (primary N) is 1. The Morgan fingerprint density at radius 3 is 2.43 bits per heavy atom. The second-order valence-corrected chi connectivity index (χ2v) is 6.31. The van der Waals surface area contributed by atoms with Gasteiger partial charge in [0.2, 0.25) is 15.9 Å². The molecule has 0 atom stereocenters. The lowest BCUT2D eigenvalue weighted by atomic mass is 10.2. The van der Waals surface area contributed by atoms with Crippen LogP contribution in [0, 0.1) is 5.82 Å². The van der Waals surface area contributed by atoms with Crippen LogP contribution in [0.15, 0.2) is 57.6 Å². The molecule has 0 unspecified atom stereocenters. The van der Waals surface area contributed by atoms with Crippen molar-refractivity contribution < 1.29 is 17.9 Å². The van der Waals surface area contributed by atoms with Crippen LogP contribution in [0.25, 0.3) is 10.9 Å². The highest BCUT2D eigenvalue weighted by molar-refractivity contribution is 7.89. The van der Waals surface area contributed by atoms with Gasteiger partial charge in [-0.1, -0.05) is 0 Å². The summed E-state index contributed by atoms with van der Waals surface area (Å²) in [5.74, 6) is -0.707. The summed E-state index contributed by atoms with van der Waals surface area (Å²) in [6.07, 6.45) is 0. The number of nitrogens with one attached hydrogen (secondary N) is 1. The Kier molecular flexibility index (Phi) is 3.58. The molecular formula is C14H11FN4O3S. The molecule has 4 N–H and O–H groups in total. The second kappa shape index (κ2) is 5.45. The van der Waals surface area contributed by atoms with E-state index < -0.39 is 15.8 Å². The fourth-order valence-electron chi connectivity index (χ4n) is 2.05. The number of hydrogen-bond acceptors (Lipinski definition) is 5. The molecule has 0 fully saturated rings. The van der Waals surface area contributed by atoms with Crippen LogP contribution < -0.4 is 5.14 Å². The number of rotatable bonds is 3. The molecule has 23 heavy (non-hydrogen) atoms. The Labute approximate surface area is 130 Å². The van der Waals surface area contributed by atoms with E-state index in [-0.39, 0.29) is 16.5 Å². The highest BCUT2D eigenvalue weighted by atomic mass is 32.2. The molecule has 0 amide bonds. The van der Waals surface area contributed by atoms with Crippen molar-refractivity contribution in [1.29, 1.82) is 0 Å². The molecule has 0 radical (unpaired) electrons. The third-order valence-electron chi connectivity index (χ3n) is 3.14. The van der Waals surface area contributed by atoms with E-state index in [2.05, 4.69) is 15.2 Å². The van der Waals surface area contributed by atoms with Crippen LogP contribution >= 0.6 is 0 Å². The lowest BCUT2D eigenvalue weighted by Crippen LogP contribution is -2.11. The van der Waals surface area contributed by atoms with Crippen molar-refractivity contribution in [3.05, 3.63) is 48.3 Å². The minimum Gasteiger partial charge on any atom is -0.493 e. The third kappa shape index (κ3) is 3.05. The Morgan fingerprint density at radius 1 is 1.09 bits per heavy atom. The first-order valence-electron chi connectivity index (χ1n) is 6.39. The first-order chi connectivity index (χ1) is 10.8. The molecule has 7 nitrogen and oxygen atoms in total. The lowest BCUT2D eigenvalue weighted by molar-refractivity contribution is 0.459. The largest absolute Gasteiger partial charge is 0.493 e. The van der Waals surface area contributed by atoms with E-state index in [1.54, 1.807) is 0 Å². The smallest absolute Gasteiger partial charge is 0.238 e. The molecule has 2 aromatic carbocycles. The molecular weight excluding hydrogens is 323 g/mol. The zero-order valence-corrected chi connectivity index (χ0v) is 12.4. The van der Waals surface area contributed by atoms with Crippen molar-refractivity contribution in [2.45, 2.75) is 4.90 Å². The summed E-state index contributed by atoms with van der Waals surface area (Å²) < 4.78 is 35.6. The molecule has 3 aromatic rings. The van der Waals surface area contributed by atoms with Crippen LogP contribution in [0.2, 0.25) is 0 Å². The van der Waals surface area contributed by atoms with Gasteiger partial charge in [0.25, 0.3) is 0 Å². The van der Waals surface area contributed by atoms with Crippen molar-refractivity contribution in [3.63, 3.8) is 0 Å². The van der Waals surface area contributed by atoms with E-state index in [1.807, 2.05) is 0 Å². The quantitative estimate of drug-likeness (QED) is 0.638. The number of fused-ring (bicyclic) bond motifs is 1. The van der Waals surface area contributed by atoms with Gasteiger partial charge in [-0.2, -0.15) is 5.11 Å². The molecule has 0 bridgehead atoms. The number of aromatic nitrogens is 1. The summed E-state index contributed by atoms with van der Waals surface area (Å²) in [5.41, 5.74) is 0.958. The fourth-order valence-corrected chi connectivity index (χ4v) is 2.56. The number of nitrogens with zero attached hydrogens (tertiary/aromatic N) is 2. The van der Waals surface area contributed by atoms with Crippen LogP contribution in [0.4, 0.5) is 15.8 Å². The van der Waals surface area contributed by atoms with Gasteiger partial charge in [-0.3, -0.25) is 0 Å². The van der Waals surface area contributed by atoms with E-state index in [0.29, 0.717) is 16.6 Å². The van der Waals surface area contributed by atoms with Crippen LogP contribution in [-0.2, 0) is 10.0 Å². The van der Waals surface area contributed by atoms with E-state index in [4.69, 9.17) is 5.14 Å². The van der Waals surface area contributed by atoms with Crippen LogP contribution in [0.1, 0.15) is 0 Å². The molecule has 3 rings (SSSR count). The van der Waals surface area contributed by atoms with E-state index in [0.717, 1.165) is 0 Å². The molecule has 0 saturated carbocycles. The van der Waals surface area contributed by atoms with Crippen molar-refractivity contribution in [2.24, 2.45) is 15.4 Å². The summed E-state index contributed by atoms with van der Waals surface area (Å²) in [4.78, 5) is 2.61. The van der Waals surface area contributed by atoms with Gasteiger partial charge in [-0.15, -0.1) is 5.11 Å². The average molecular weight is 334 g/mol. The molecule has 118 valence electrons. The van der Waals surface area contributed by atoms with Gasteiger partial charge < -0.3 is 10.1 Å². The van der Waals surface area contributed by atoms with Crippen LogP contribution in [0.3, 0.4) is 0 Å². The Hall–Kier alpha value is -2.78. The standard InChI is InChI=1S/C14H11FN4O3S/c15-8-1-6-12-11(7-8)13(14(20)17-12)19-18-9-2-4-10(5-3-9)23(16,21)22/h1-7,17,20H,(H2,16,21,22). The van der Waals surface area contributed by atoms with Crippen molar-refractivity contribution in [1.82, 2.24) is 4.98 Å². The molecule has 1 heterocycles. The first kappa shape index (κ1) is 15.1. The maximum atomic E-state index is 13.3. The van der Waals surface area contributed by atoms with Gasteiger partial charge >= 0.3 is 0 Å². The Morgan fingerprint density at radius 2 is 1.78 bits per heavy atom. The normalized spacial score (nSPS) is 12.3. The molecule has 0 aliphatic rings. The van der Waals surface area contributed by atoms with Crippen LogP contribution in [0.5, 0.6) is 5.88 Å². The van der Waals surface area contributed by atoms with Gasteiger partial charge in [0.1, 0.15) is 5.82 Å². The van der Waals surface area contributed by atoms with Gasteiger partial charge in [-0.05, 0) is 42.5 Å². The van der Waals surface area contributed by atoms with Gasteiger partial charge in [0.15, 0.2) is 5.69 Å². The lowest BCUT2D eigenvalue weighted by Gasteiger charge is -1.97. The maximum absolute atomic E-state index is 13.3. The Balaban J connectivity index is 1.97. The predicted octanol–water partition coefficient (Wildman–Crippen LogP) is 3.08. The number of azo groups is 1. The first-order valence-corrected chi connectivity index (χ1v) is 7.94. The predicted molar refractivity (Wildman–Crippen MR) is 81.9 cm³/mol. The zero-order chi connectivity index (χ0) is 16.6. The van der Waals surface area contributed by atoms with Crippen molar-refractivity contribution >= 4 is 32.3 Å². The number of primary sulfonamides is 1. The molecule has 9 heteroatoms. The number of benzene rings is 2. The summed E-state index contributed by atoms with van der Waals surface area (Å²) in [6.45, 7) is 0. The van der Waals surface area contributed by atoms with E-state index in [1.165, 1.54) is 42.5 Å². The fraction of sp³-hybridized carbons (Fsp3) is 0. The number of aromatic hydroxyl groups is 1. The molecule has 0 aliphatic heterocycles. The minimum atomic E-state index is -3.78. The van der Waals surface area contributed by atoms with Crippen molar-refractivity contribution in [2.75, 3.05) is 0 Å². The Bertz CT molecular complexity index is 1010. The number of halogens is 1. The topological polar surface area (TPSA) is 121 Å². The number of H-pyrrole nitrogens is 1. The molecule has 0 spiro atoms. The summed E-state index contributed by atoms with van der Waals surface area (Å²) >= 11 is 0. The number of hydrogen-bond donors (Lipinski definition) is 3. The summed E-state index contributed by atoms with van der Waals surface area (Å²) in [5, 5.41) is 23.0. The molecule has 0 saturated heterocycles. The van der Waals surface area contributed by atoms with Crippen LogP contribution in [-0.4, -0.2) is 18.5 Å². The highest BCUT2D eigenvalue weighted by Crippen LogP contribution is 2.36. The number of sulfonamides is 1. The summed E-state index contributed by atoms with van der Waals surface area (Å²) in [6, 6.07) is 9.36. The molecule has 1 aromatic heterocycles. The van der Waals surface area contributed by atoms with Crippen molar-refractivity contribution in [3.8, 4) is 5.88 Å². The minimum absolute atomic E-state index is 0.0477. The average Bonchev–Trinajstić information content (AvgIpc) is 2.79.